The fourth-order valence-electron chi connectivity index (χ4n) is 1.67. The molecule has 0 atom stereocenters. The number of hydrogen-bond acceptors (Lipinski definition) is 5. The van der Waals surface area contributed by atoms with Gasteiger partial charge in [-0.05, 0) is 36.2 Å². The van der Waals surface area contributed by atoms with Gasteiger partial charge in [0.2, 0.25) is 0 Å². The Kier molecular flexibility index (Phi) is 2.59. The van der Waals surface area contributed by atoms with Gasteiger partial charge in [0.25, 0.3) is 0 Å². The maximum atomic E-state index is 5.57. The summed E-state index contributed by atoms with van der Waals surface area (Å²) < 4.78 is 5.57. The van der Waals surface area contributed by atoms with Gasteiger partial charge >= 0.3 is 0 Å². The van der Waals surface area contributed by atoms with Crippen LogP contribution in [0.15, 0.2) is 32.8 Å². The third-order valence-electron chi connectivity index (χ3n) is 2.27. The van der Waals surface area contributed by atoms with Gasteiger partial charge in [-0.25, -0.2) is 0 Å². The van der Waals surface area contributed by atoms with Crippen LogP contribution < -0.4 is 11.7 Å². The number of benzene rings is 1. The number of hydrogen-bond donors (Lipinski definition) is 2. The number of nitrogens with two attached hydrogens (primary N) is 2. The molecule has 2 rings (SSSR count). The lowest BCUT2D eigenvalue weighted by Crippen LogP contribution is -1.87. The Hall–Kier alpha value is -2.30. The van der Waals surface area contributed by atoms with Gasteiger partial charge in [-0.3, -0.25) is 0 Å². The van der Waals surface area contributed by atoms with E-state index in [1.54, 1.807) is 6.21 Å². The van der Waals surface area contributed by atoms with Gasteiger partial charge < -0.3 is 16.1 Å². The summed E-state index contributed by atoms with van der Waals surface area (Å²) in [5.41, 5.74) is 2.78. The average Bonchev–Trinajstić information content (AvgIpc) is 2.62. The minimum Gasteiger partial charge on any atom is -0.455 e. The second-order valence-electron chi connectivity index (χ2n) is 3.46. The molecule has 0 saturated carbocycles. The molecular formula is C11H12N4O. The van der Waals surface area contributed by atoms with E-state index in [0.717, 1.165) is 22.1 Å². The Balaban J connectivity index is 2.62. The smallest absolute Gasteiger partial charge is 0.148 e. The molecule has 0 bridgehead atoms. The number of aryl methyl sites for hydroxylation is 1. The normalized spacial score (nSPS) is 12.1. The first-order chi connectivity index (χ1) is 7.74. The summed E-state index contributed by atoms with van der Waals surface area (Å²) >= 11 is 0. The molecule has 0 aliphatic rings. The third kappa shape index (κ3) is 1.75. The van der Waals surface area contributed by atoms with E-state index in [9.17, 15) is 0 Å². The molecular weight excluding hydrogens is 204 g/mol. The van der Waals surface area contributed by atoms with E-state index in [0.29, 0.717) is 5.76 Å². The van der Waals surface area contributed by atoms with E-state index in [4.69, 9.17) is 16.1 Å². The van der Waals surface area contributed by atoms with Crippen LogP contribution in [0.1, 0.15) is 16.9 Å². The van der Waals surface area contributed by atoms with E-state index >= 15 is 0 Å². The largest absolute Gasteiger partial charge is 0.455 e. The van der Waals surface area contributed by atoms with E-state index < -0.39 is 0 Å². The summed E-state index contributed by atoms with van der Waals surface area (Å²) in [4.78, 5) is 0. The first-order valence-electron chi connectivity index (χ1n) is 4.75. The van der Waals surface area contributed by atoms with Crippen molar-refractivity contribution in [1.29, 1.82) is 0 Å². The van der Waals surface area contributed by atoms with Crippen molar-refractivity contribution >= 4 is 23.4 Å². The van der Waals surface area contributed by atoms with Crippen molar-refractivity contribution in [1.82, 2.24) is 0 Å². The highest BCUT2D eigenvalue weighted by Gasteiger charge is 2.06. The molecule has 0 radical (unpaired) electrons. The quantitative estimate of drug-likeness (QED) is 0.450. The molecule has 0 unspecified atom stereocenters. The molecule has 1 aromatic heterocycles. The van der Waals surface area contributed by atoms with Crippen LogP contribution >= 0.6 is 0 Å². The van der Waals surface area contributed by atoms with Crippen molar-refractivity contribution in [2.45, 2.75) is 6.92 Å². The predicted molar refractivity (Wildman–Crippen MR) is 64.5 cm³/mol. The van der Waals surface area contributed by atoms with Crippen molar-refractivity contribution in [2.75, 3.05) is 0 Å². The molecule has 16 heavy (non-hydrogen) atoms. The highest BCUT2D eigenvalue weighted by atomic mass is 16.3. The van der Waals surface area contributed by atoms with Crippen LogP contribution in [-0.4, -0.2) is 12.4 Å². The number of nitrogens with zero attached hydrogens (tertiary/aromatic N) is 2. The topological polar surface area (TPSA) is 89.9 Å². The highest BCUT2D eigenvalue weighted by molar-refractivity contribution is 5.93. The molecule has 2 aromatic rings. The molecule has 5 heteroatoms. The van der Waals surface area contributed by atoms with E-state index in [1.807, 2.05) is 25.1 Å². The Morgan fingerprint density at radius 2 is 1.88 bits per heavy atom. The second-order valence-corrected chi connectivity index (χ2v) is 3.46. The van der Waals surface area contributed by atoms with Crippen LogP contribution in [-0.2, 0) is 0 Å². The molecule has 1 aromatic carbocycles. The molecule has 0 spiro atoms. The van der Waals surface area contributed by atoms with Crippen molar-refractivity contribution < 1.29 is 4.42 Å². The van der Waals surface area contributed by atoms with E-state index in [2.05, 4.69) is 10.2 Å². The number of fused-ring (bicyclic) bond motifs is 1. The zero-order chi connectivity index (χ0) is 11.5. The summed E-state index contributed by atoms with van der Waals surface area (Å²) in [6.07, 6.45) is 3.06. The van der Waals surface area contributed by atoms with Crippen LogP contribution in [0.4, 0.5) is 0 Å². The Bertz CT molecular complexity index is 569. The summed E-state index contributed by atoms with van der Waals surface area (Å²) in [7, 11) is 0. The van der Waals surface area contributed by atoms with Crippen LogP contribution in [0.25, 0.3) is 11.0 Å². The Labute approximate surface area is 92.4 Å². The second kappa shape index (κ2) is 4.06. The molecule has 82 valence electrons. The van der Waals surface area contributed by atoms with Crippen molar-refractivity contribution in [3.8, 4) is 0 Å². The van der Waals surface area contributed by atoms with Crippen molar-refractivity contribution in [3.63, 3.8) is 0 Å². The minimum atomic E-state index is 0.627. The molecule has 4 N–H and O–H groups in total. The molecule has 0 fully saturated rings. The molecule has 0 aliphatic heterocycles. The Morgan fingerprint density at radius 1 is 1.12 bits per heavy atom. The van der Waals surface area contributed by atoms with Gasteiger partial charge in [-0.1, -0.05) is 0 Å². The summed E-state index contributed by atoms with van der Waals surface area (Å²) in [5, 5.41) is 7.90. The maximum Gasteiger partial charge on any atom is 0.148 e. The lowest BCUT2D eigenvalue weighted by Gasteiger charge is -1.97. The van der Waals surface area contributed by atoms with Crippen LogP contribution in [0.3, 0.4) is 0 Å². The molecule has 0 amide bonds. The zero-order valence-electron chi connectivity index (χ0n) is 8.84. The summed E-state index contributed by atoms with van der Waals surface area (Å²) in [5.74, 6) is 10.8. The van der Waals surface area contributed by atoms with E-state index in [1.165, 1.54) is 6.21 Å². The van der Waals surface area contributed by atoms with Crippen LogP contribution in [0, 0.1) is 6.92 Å². The van der Waals surface area contributed by atoms with Gasteiger partial charge in [0.1, 0.15) is 11.3 Å². The summed E-state index contributed by atoms with van der Waals surface area (Å²) in [6, 6.07) is 5.76. The number of furan rings is 1. The SMILES string of the molecule is Cc1cc(/C=N\N)cc2cc(/C=N\N)oc12. The van der Waals surface area contributed by atoms with Gasteiger partial charge in [0, 0.05) is 5.39 Å². The summed E-state index contributed by atoms with van der Waals surface area (Å²) in [6.45, 7) is 1.96. The Morgan fingerprint density at radius 3 is 2.56 bits per heavy atom. The zero-order valence-corrected chi connectivity index (χ0v) is 8.84. The van der Waals surface area contributed by atoms with Gasteiger partial charge in [0.15, 0.2) is 0 Å². The number of rotatable bonds is 2. The van der Waals surface area contributed by atoms with Crippen LogP contribution in [0.2, 0.25) is 0 Å². The fourth-order valence-corrected chi connectivity index (χ4v) is 1.67. The minimum absolute atomic E-state index is 0.627. The standard InChI is InChI=1S/C11H12N4O/c1-7-2-8(5-14-12)3-9-4-10(6-15-13)16-11(7)9/h2-6H,12-13H2,1H3/b14-5-,15-6-. The number of hydrazone groups is 2. The lowest BCUT2D eigenvalue weighted by atomic mass is 10.1. The maximum absolute atomic E-state index is 5.57. The molecule has 5 nitrogen and oxygen atoms in total. The third-order valence-corrected chi connectivity index (χ3v) is 2.27. The monoisotopic (exact) mass is 216 g/mol. The van der Waals surface area contributed by atoms with Gasteiger partial charge in [-0.2, -0.15) is 10.2 Å². The fraction of sp³-hybridized carbons (Fsp3) is 0.0909. The molecule has 0 saturated heterocycles. The first-order valence-corrected chi connectivity index (χ1v) is 4.75. The van der Waals surface area contributed by atoms with Crippen molar-refractivity contribution in [3.05, 3.63) is 35.1 Å². The van der Waals surface area contributed by atoms with Gasteiger partial charge in [-0.15, -0.1) is 0 Å². The van der Waals surface area contributed by atoms with E-state index in [-0.39, 0.29) is 0 Å². The van der Waals surface area contributed by atoms with Crippen LogP contribution in [0.5, 0.6) is 0 Å². The average molecular weight is 216 g/mol. The first kappa shape index (κ1) is 10.2. The highest BCUT2D eigenvalue weighted by Crippen LogP contribution is 2.23. The van der Waals surface area contributed by atoms with Gasteiger partial charge in [0.05, 0.1) is 12.4 Å². The predicted octanol–water partition coefficient (Wildman–Crippen LogP) is 1.33. The molecule has 0 aliphatic carbocycles. The molecule has 1 heterocycles. The van der Waals surface area contributed by atoms with Crippen molar-refractivity contribution in [2.24, 2.45) is 21.9 Å². The lowest BCUT2D eigenvalue weighted by molar-refractivity contribution is 0.605.